The van der Waals surface area contributed by atoms with Crippen molar-refractivity contribution < 1.29 is 0 Å². The summed E-state index contributed by atoms with van der Waals surface area (Å²) in [6.07, 6.45) is 14.8. The van der Waals surface area contributed by atoms with Crippen molar-refractivity contribution >= 4 is 0 Å². The third-order valence-corrected chi connectivity index (χ3v) is 5.86. The molecule has 1 nitrogen and oxygen atoms in total. The second kappa shape index (κ2) is 7.82. The van der Waals surface area contributed by atoms with Gasteiger partial charge in [-0.1, -0.05) is 52.9 Å². The van der Waals surface area contributed by atoms with Gasteiger partial charge in [-0.2, -0.15) is 0 Å². The predicted molar refractivity (Wildman–Crippen MR) is 89.0 cm³/mol. The average molecular weight is 280 g/mol. The van der Waals surface area contributed by atoms with E-state index in [0.29, 0.717) is 5.41 Å². The third-order valence-electron chi connectivity index (χ3n) is 5.86. The Morgan fingerprint density at radius 2 is 1.50 bits per heavy atom. The molecule has 2 aliphatic rings. The van der Waals surface area contributed by atoms with Crippen LogP contribution in [0, 0.1) is 17.3 Å². The molecular formula is C19H37N. The Morgan fingerprint density at radius 3 is 2.10 bits per heavy atom. The first-order valence-electron chi connectivity index (χ1n) is 9.28. The van der Waals surface area contributed by atoms with Gasteiger partial charge in [0.15, 0.2) is 0 Å². The Bertz CT molecular complexity index is 251. The van der Waals surface area contributed by atoms with Crippen LogP contribution in [0.15, 0.2) is 0 Å². The molecule has 1 aliphatic heterocycles. The number of unbranched alkanes of at least 4 members (excludes halogenated alkanes) is 1. The normalized spacial score (nSPS) is 29.6. The van der Waals surface area contributed by atoms with Gasteiger partial charge in [0.05, 0.1) is 0 Å². The summed E-state index contributed by atoms with van der Waals surface area (Å²) >= 11 is 0. The first-order valence-corrected chi connectivity index (χ1v) is 9.28. The van der Waals surface area contributed by atoms with Crippen molar-refractivity contribution in [1.82, 2.24) is 4.90 Å². The molecule has 0 amide bonds. The standard InChI is InChI=1S/C19H37N/c1-19(2,3)18-12-10-17(11-13-18)9-5-8-16-20-14-6-4-7-15-20/h17-18H,4-16H2,1-3H3. The van der Waals surface area contributed by atoms with Gasteiger partial charge in [-0.15, -0.1) is 0 Å². The van der Waals surface area contributed by atoms with Gasteiger partial charge in [0.1, 0.15) is 0 Å². The Labute approximate surface area is 127 Å². The summed E-state index contributed by atoms with van der Waals surface area (Å²) in [5.41, 5.74) is 0.541. The molecule has 0 atom stereocenters. The summed E-state index contributed by atoms with van der Waals surface area (Å²) in [6, 6.07) is 0. The van der Waals surface area contributed by atoms with Crippen molar-refractivity contribution in [2.45, 2.75) is 85.0 Å². The zero-order valence-electron chi connectivity index (χ0n) is 14.3. The minimum Gasteiger partial charge on any atom is -0.303 e. The van der Waals surface area contributed by atoms with Gasteiger partial charge in [0.25, 0.3) is 0 Å². The highest BCUT2D eigenvalue weighted by Crippen LogP contribution is 2.41. The van der Waals surface area contributed by atoms with E-state index in [0.717, 1.165) is 11.8 Å². The molecule has 0 unspecified atom stereocenters. The minimum atomic E-state index is 0.541. The van der Waals surface area contributed by atoms with Crippen molar-refractivity contribution in [2.75, 3.05) is 19.6 Å². The average Bonchev–Trinajstić information content (AvgIpc) is 2.44. The molecule has 0 bridgehead atoms. The molecule has 0 N–H and O–H groups in total. The molecule has 1 saturated carbocycles. The molecule has 1 heteroatoms. The molecule has 0 spiro atoms. The quantitative estimate of drug-likeness (QED) is 0.601. The fourth-order valence-corrected chi connectivity index (χ4v) is 4.27. The van der Waals surface area contributed by atoms with E-state index < -0.39 is 0 Å². The molecule has 20 heavy (non-hydrogen) atoms. The zero-order chi connectivity index (χ0) is 14.4. The minimum absolute atomic E-state index is 0.541. The largest absolute Gasteiger partial charge is 0.303 e. The maximum Gasteiger partial charge on any atom is -0.00187 e. The zero-order valence-corrected chi connectivity index (χ0v) is 14.3. The van der Waals surface area contributed by atoms with Crippen LogP contribution in [0.2, 0.25) is 0 Å². The van der Waals surface area contributed by atoms with Crippen LogP contribution in [0.3, 0.4) is 0 Å². The number of rotatable bonds is 5. The Hall–Kier alpha value is -0.0400. The van der Waals surface area contributed by atoms with Crippen LogP contribution in [-0.2, 0) is 0 Å². The molecule has 1 saturated heterocycles. The molecule has 1 heterocycles. The summed E-state index contributed by atoms with van der Waals surface area (Å²) in [5, 5.41) is 0. The molecule has 0 aromatic carbocycles. The monoisotopic (exact) mass is 279 g/mol. The molecule has 118 valence electrons. The number of hydrogen-bond acceptors (Lipinski definition) is 1. The fraction of sp³-hybridized carbons (Fsp3) is 1.00. The van der Waals surface area contributed by atoms with E-state index in [4.69, 9.17) is 0 Å². The topological polar surface area (TPSA) is 3.24 Å². The second-order valence-corrected chi connectivity index (χ2v) is 8.48. The number of nitrogens with zero attached hydrogens (tertiary/aromatic N) is 1. The maximum absolute atomic E-state index is 2.69. The van der Waals surface area contributed by atoms with Crippen LogP contribution in [0.5, 0.6) is 0 Å². The molecular weight excluding hydrogens is 242 g/mol. The molecule has 2 fully saturated rings. The van der Waals surface area contributed by atoms with Crippen molar-refractivity contribution in [1.29, 1.82) is 0 Å². The fourth-order valence-electron chi connectivity index (χ4n) is 4.27. The SMILES string of the molecule is CC(C)(C)C1CCC(CCCCN2CCCCC2)CC1. The highest BCUT2D eigenvalue weighted by atomic mass is 15.1. The lowest BCUT2D eigenvalue weighted by molar-refractivity contribution is 0.144. The molecule has 0 aromatic heterocycles. The maximum atomic E-state index is 2.69. The number of piperidine rings is 1. The van der Waals surface area contributed by atoms with E-state index >= 15 is 0 Å². The lowest BCUT2D eigenvalue weighted by atomic mass is 9.69. The van der Waals surface area contributed by atoms with E-state index in [2.05, 4.69) is 25.7 Å². The van der Waals surface area contributed by atoms with Gasteiger partial charge >= 0.3 is 0 Å². The van der Waals surface area contributed by atoms with Crippen LogP contribution < -0.4 is 0 Å². The van der Waals surface area contributed by atoms with Crippen LogP contribution in [0.1, 0.15) is 85.0 Å². The van der Waals surface area contributed by atoms with Gasteiger partial charge in [0.2, 0.25) is 0 Å². The van der Waals surface area contributed by atoms with Gasteiger partial charge < -0.3 is 4.90 Å². The third kappa shape index (κ3) is 5.39. The van der Waals surface area contributed by atoms with Crippen molar-refractivity contribution in [3.8, 4) is 0 Å². The highest BCUT2D eigenvalue weighted by molar-refractivity contribution is 4.80. The smallest absolute Gasteiger partial charge is 0.00187 e. The van der Waals surface area contributed by atoms with Crippen LogP contribution in [-0.4, -0.2) is 24.5 Å². The molecule has 1 aliphatic carbocycles. The summed E-state index contributed by atoms with van der Waals surface area (Å²) in [4.78, 5) is 2.69. The van der Waals surface area contributed by atoms with Crippen LogP contribution >= 0.6 is 0 Å². The van der Waals surface area contributed by atoms with Crippen molar-refractivity contribution in [3.05, 3.63) is 0 Å². The summed E-state index contributed by atoms with van der Waals surface area (Å²) in [6.45, 7) is 11.4. The Kier molecular flexibility index (Phi) is 6.39. The molecule has 2 rings (SSSR count). The highest BCUT2D eigenvalue weighted by Gasteiger charge is 2.29. The summed E-state index contributed by atoms with van der Waals surface area (Å²) in [7, 11) is 0. The summed E-state index contributed by atoms with van der Waals surface area (Å²) < 4.78 is 0. The number of likely N-dealkylation sites (tertiary alicyclic amines) is 1. The van der Waals surface area contributed by atoms with E-state index in [1.54, 1.807) is 0 Å². The summed E-state index contributed by atoms with van der Waals surface area (Å²) in [5.74, 6) is 2.03. The first kappa shape index (κ1) is 16.3. The number of hydrogen-bond donors (Lipinski definition) is 0. The second-order valence-electron chi connectivity index (χ2n) is 8.48. The van der Waals surface area contributed by atoms with E-state index in [1.165, 1.54) is 83.8 Å². The molecule has 0 radical (unpaired) electrons. The van der Waals surface area contributed by atoms with Crippen LogP contribution in [0.4, 0.5) is 0 Å². The van der Waals surface area contributed by atoms with Gasteiger partial charge in [-0.25, -0.2) is 0 Å². The van der Waals surface area contributed by atoms with Gasteiger partial charge in [0, 0.05) is 0 Å². The van der Waals surface area contributed by atoms with Crippen LogP contribution in [0.25, 0.3) is 0 Å². The predicted octanol–water partition coefficient (Wildman–Crippen LogP) is 5.50. The van der Waals surface area contributed by atoms with Gasteiger partial charge in [-0.3, -0.25) is 0 Å². The lowest BCUT2D eigenvalue weighted by Gasteiger charge is -2.37. The Balaban J connectivity index is 1.53. The van der Waals surface area contributed by atoms with E-state index in [-0.39, 0.29) is 0 Å². The van der Waals surface area contributed by atoms with Crippen molar-refractivity contribution in [2.24, 2.45) is 17.3 Å². The first-order chi connectivity index (χ1) is 9.55. The Morgan fingerprint density at radius 1 is 0.850 bits per heavy atom. The lowest BCUT2D eigenvalue weighted by Crippen LogP contribution is -2.30. The van der Waals surface area contributed by atoms with Gasteiger partial charge in [-0.05, 0) is 69.0 Å². The van der Waals surface area contributed by atoms with E-state index in [9.17, 15) is 0 Å². The molecule has 0 aromatic rings. The van der Waals surface area contributed by atoms with E-state index in [1.807, 2.05) is 0 Å². The van der Waals surface area contributed by atoms with Crippen molar-refractivity contribution in [3.63, 3.8) is 0 Å².